The highest BCUT2D eigenvalue weighted by Crippen LogP contribution is 2.25. The van der Waals surface area contributed by atoms with E-state index in [9.17, 15) is 4.79 Å². The molecule has 0 unspecified atom stereocenters. The van der Waals surface area contributed by atoms with Crippen molar-refractivity contribution in [3.8, 4) is 0 Å². The molecule has 1 amide bonds. The highest BCUT2D eigenvalue weighted by atomic mass is 35.5. The Morgan fingerprint density at radius 3 is 2.17 bits per heavy atom. The van der Waals surface area contributed by atoms with E-state index in [1.807, 2.05) is 12.1 Å². The monoisotopic (exact) mass is 361 g/mol. The summed E-state index contributed by atoms with van der Waals surface area (Å²) in [4.78, 5) is 12.0. The van der Waals surface area contributed by atoms with Gasteiger partial charge in [0.15, 0.2) is 0 Å². The first-order valence-electron chi connectivity index (χ1n) is 7.77. The minimum Gasteiger partial charge on any atom is -0.348 e. The first-order valence-corrected chi connectivity index (χ1v) is 8.52. The molecule has 0 aromatic heterocycles. The van der Waals surface area contributed by atoms with Crippen LogP contribution in [0.5, 0.6) is 0 Å². The van der Waals surface area contributed by atoms with Crippen LogP contribution < -0.4 is 5.32 Å². The Balaban J connectivity index is 1.95. The Morgan fingerprint density at radius 2 is 1.62 bits per heavy atom. The van der Waals surface area contributed by atoms with Crippen LogP contribution in [-0.2, 0) is 16.8 Å². The van der Waals surface area contributed by atoms with Gasteiger partial charge in [0.2, 0.25) is 5.91 Å². The third kappa shape index (κ3) is 5.12. The summed E-state index contributed by atoms with van der Waals surface area (Å²) in [7, 11) is 0. The summed E-state index contributed by atoms with van der Waals surface area (Å²) in [6.45, 7) is 7.00. The second-order valence-electron chi connectivity index (χ2n) is 6.63. The molecule has 0 aliphatic heterocycles. The van der Waals surface area contributed by atoms with Gasteiger partial charge in [-0.2, -0.15) is 0 Å². The van der Waals surface area contributed by atoms with Gasteiger partial charge in [0.05, 0.1) is 0 Å². The van der Waals surface area contributed by atoms with Crippen molar-refractivity contribution >= 4 is 35.2 Å². The number of halogens is 2. The average Bonchev–Trinajstić information content (AvgIpc) is 2.52. The van der Waals surface area contributed by atoms with Crippen molar-refractivity contribution in [2.24, 2.45) is 0 Å². The number of amides is 1. The zero-order valence-electron chi connectivity index (χ0n) is 14.1. The molecule has 0 atom stereocenters. The molecule has 0 saturated heterocycles. The van der Waals surface area contributed by atoms with E-state index in [2.05, 4.69) is 38.2 Å². The van der Waals surface area contributed by atoms with Crippen LogP contribution >= 0.6 is 23.2 Å². The van der Waals surface area contributed by atoms with E-state index < -0.39 is 0 Å². The molecule has 2 aromatic rings. The summed E-state index contributed by atoms with van der Waals surface area (Å²) in [5, 5.41) is 3.89. The van der Waals surface area contributed by atoms with Gasteiger partial charge in [-0.25, -0.2) is 0 Å². The zero-order chi connectivity index (χ0) is 17.7. The fraction of sp³-hybridized carbons (Fsp3) is 0.250. The lowest BCUT2D eigenvalue weighted by atomic mass is 9.87. The van der Waals surface area contributed by atoms with Crippen molar-refractivity contribution in [3.05, 3.63) is 75.3 Å². The number of nitrogens with one attached hydrogen (secondary N) is 1. The zero-order valence-corrected chi connectivity index (χ0v) is 15.6. The Bertz CT molecular complexity index is 723. The summed E-state index contributed by atoms with van der Waals surface area (Å²) in [5.41, 5.74) is 3.09. The van der Waals surface area contributed by atoms with Crippen LogP contribution in [0, 0.1) is 0 Å². The van der Waals surface area contributed by atoms with Crippen molar-refractivity contribution in [1.29, 1.82) is 0 Å². The summed E-state index contributed by atoms with van der Waals surface area (Å²) < 4.78 is 0. The predicted molar refractivity (Wildman–Crippen MR) is 102 cm³/mol. The lowest BCUT2D eigenvalue weighted by Crippen LogP contribution is -2.20. The summed E-state index contributed by atoms with van der Waals surface area (Å²) in [6.07, 6.45) is 3.07. The number of hydrogen-bond donors (Lipinski definition) is 1. The van der Waals surface area contributed by atoms with E-state index in [1.165, 1.54) is 11.6 Å². The van der Waals surface area contributed by atoms with Gasteiger partial charge in [-0.05, 0) is 34.8 Å². The van der Waals surface area contributed by atoms with Crippen LogP contribution in [0.2, 0.25) is 10.0 Å². The van der Waals surface area contributed by atoms with Gasteiger partial charge in [0.1, 0.15) is 0 Å². The molecule has 4 heteroatoms. The molecule has 0 heterocycles. The molecular formula is C20H21Cl2NO. The van der Waals surface area contributed by atoms with Gasteiger partial charge >= 0.3 is 0 Å². The van der Waals surface area contributed by atoms with Gasteiger partial charge in [0, 0.05) is 28.2 Å². The van der Waals surface area contributed by atoms with Crippen molar-refractivity contribution in [1.82, 2.24) is 5.32 Å². The molecular weight excluding hydrogens is 341 g/mol. The molecule has 0 fully saturated rings. The topological polar surface area (TPSA) is 29.1 Å². The van der Waals surface area contributed by atoms with Gasteiger partial charge in [-0.1, -0.05) is 74.3 Å². The largest absolute Gasteiger partial charge is 0.348 e. The molecule has 2 nitrogen and oxygen atoms in total. The number of hydrogen-bond acceptors (Lipinski definition) is 1. The molecule has 126 valence electrons. The first kappa shape index (κ1) is 18.6. The van der Waals surface area contributed by atoms with Gasteiger partial charge < -0.3 is 5.32 Å². The molecule has 0 aliphatic rings. The molecule has 0 aliphatic carbocycles. The third-order valence-electron chi connectivity index (χ3n) is 3.69. The van der Waals surface area contributed by atoms with Gasteiger partial charge in [-0.3, -0.25) is 4.79 Å². The van der Waals surface area contributed by atoms with Crippen molar-refractivity contribution < 1.29 is 4.79 Å². The number of carbonyl (C=O) groups is 1. The fourth-order valence-corrected chi connectivity index (χ4v) is 2.72. The van der Waals surface area contributed by atoms with E-state index in [4.69, 9.17) is 23.2 Å². The number of benzene rings is 2. The normalized spacial score (nSPS) is 11.7. The standard InChI is InChI=1S/C20H21Cl2NO/c1-20(2,3)15-9-7-14(8-10-15)13-23-19(24)12-11-16-17(21)5-4-6-18(16)22/h4-12H,13H2,1-3H3,(H,23,24). The van der Waals surface area contributed by atoms with Gasteiger partial charge in [-0.15, -0.1) is 0 Å². The minimum absolute atomic E-state index is 0.124. The molecule has 1 N–H and O–H groups in total. The molecule has 24 heavy (non-hydrogen) atoms. The van der Waals surface area contributed by atoms with Crippen LogP contribution in [0.15, 0.2) is 48.5 Å². The molecule has 2 rings (SSSR count). The summed E-state index contributed by atoms with van der Waals surface area (Å²) >= 11 is 12.1. The van der Waals surface area contributed by atoms with E-state index in [0.717, 1.165) is 5.56 Å². The Hall–Kier alpha value is -1.77. The third-order valence-corrected chi connectivity index (χ3v) is 4.35. The van der Waals surface area contributed by atoms with Gasteiger partial charge in [0.25, 0.3) is 0 Å². The molecule has 0 bridgehead atoms. The fourth-order valence-electron chi connectivity index (χ4n) is 2.20. The number of carbonyl (C=O) groups excluding carboxylic acids is 1. The quantitative estimate of drug-likeness (QED) is 0.703. The van der Waals surface area contributed by atoms with E-state index in [-0.39, 0.29) is 11.3 Å². The molecule has 0 radical (unpaired) electrons. The van der Waals surface area contributed by atoms with E-state index >= 15 is 0 Å². The molecule has 0 saturated carbocycles. The minimum atomic E-state index is -0.189. The highest BCUT2D eigenvalue weighted by molar-refractivity contribution is 6.37. The van der Waals surface area contributed by atoms with Crippen LogP contribution in [0.25, 0.3) is 6.08 Å². The van der Waals surface area contributed by atoms with Crippen LogP contribution in [-0.4, -0.2) is 5.91 Å². The Morgan fingerprint density at radius 1 is 1.04 bits per heavy atom. The maximum atomic E-state index is 12.0. The number of rotatable bonds is 4. The predicted octanol–water partition coefficient (Wildman–Crippen LogP) is 5.62. The SMILES string of the molecule is CC(C)(C)c1ccc(CNC(=O)C=Cc2c(Cl)cccc2Cl)cc1. The van der Waals surface area contributed by atoms with Crippen LogP contribution in [0.1, 0.15) is 37.5 Å². The van der Waals surface area contributed by atoms with E-state index in [1.54, 1.807) is 24.3 Å². The molecule has 2 aromatic carbocycles. The summed E-state index contributed by atoms with van der Waals surface area (Å²) in [5.74, 6) is -0.189. The second-order valence-corrected chi connectivity index (χ2v) is 7.45. The average molecular weight is 362 g/mol. The Kier molecular flexibility index (Phi) is 6.09. The van der Waals surface area contributed by atoms with E-state index in [0.29, 0.717) is 22.2 Å². The van der Waals surface area contributed by atoms with Crippen molar-refractivity contribution in [3.63, 3.8) is 0 Å². The summed E-state index contributed by atoms with van der Waals surface area (Å²) in [6, 6.07) is 13.5. The smallest absolute Gasteiger partial charge is 0.244 e. The van der Waals surface area contributed by atoms with Crippen molar-refractivity contribution in [2.75, 3.05) is 0 Å². The lowest BCUT2D eigenvalue weighted by molar-refractivity contribution is -0.116. The lowest BCUT2D eigenvalue weighted by Gasteiger charge is -2.19. The Labute approximate surface area is 153 Å². The van der Waals surface area contributed by atoms with Crippen LogP contribution in [0.3, 0.4) is 0 Å². The second kappa shape index (κ2) is 7.87. The molecule has 0 spiro atoms. The first-order chi connectivity index (χ1) is 11.3. The maximum absolute atomic E-state index is 12.0. The van der Waals surface area contributed by atoms with Crippen LogP contribution in [0.4, 0.5) is 0 Å². The maximum Gasteiger partial charge on any atom is 0.244 e. The van der Waals surface area contributed by atoms with Crippen molar-refractivity contribution in [2.45, 2.75) is 32.7 Å². The highest BCUT2D eigenvalue weighted by Gasteiger charge is 2.12.